The standard InChI is InChI=1S/C17H27NO6S/c1-24-15(21)16(7-3-2-4-8-16)12-25(22,23)18-10-13-6-5-9-17(13,11-18)14(19)20/h13H,2-12H2,1H3,(H,19,20)/t13-,17+/m0/s1. The first-order valence-corrected chi connectivity index (χ1v) is 10.7. The SMILES string of the molecule is COC(=O)C1(CS(=O)(=O)N2C[C@@H]3CCC[C@@]3(C(=O)O)C2)CCCCC1. The van der Waals surface area contributed by atoms with Crippen LogP contribution in [0.1, 0.15) is 51.4 Å². The van der Waals surface area contributed by atoms with Gasteiger partial charge >= 0.3 is 11.9 Å². The smallest absolute Gasteiger partial charge is 0.312 e. The lowest BCUT2D eigenvalue weighted by Crippen LogP contribution is -2.46. The molecule has 7 nitrogen and oxygen atoms in total. The van der Waals surface area contributed by atoms with Gasteiger partial charge in [0.15, 0.2) is 0 Å². The van der Waals surface area contributed by atoms with Crippen molar-refractivity contribution in [2.24, 2.45) is 16.7 Å². The molecule has 0 radical (unpaired) electrons. The van der Waals surface area contributed by atoms with Gasteiger partial charge in [-0.05, 0) is 31.6 Å². The lowest BCUT2D eigenvalue weighted by molar-refractivity contribution is -0.153. The highest BCUT2D eigenvalue weighted by Crippen LogP contribution is 2.50. The van der Waals surface area contributed by atoms with Crippen LogP contribution in [-0.2, 0) is 24.3 Å². The molecule has 2 saturated carbocycles. The van der Waals surface area contributed by atoms with Gasteiger partial charge in [0.25, 0.3) is 0 Å². The highest BCUT2D eigenvalue weighted by molar-refractivity contribution is 7.89. The molecule has 3 aliphatic rings. The number of hydrogen-bond acceptors (Lipinski definition) is 5. The van der Waals surface area contributed by atoms with Crippen molar-refractivity contribution in [2.75, 3.05) is 26.0 Å². The van der Waals surface area contributed by atoms with E-state index in [0.717, 1.165) is 32.1 Å². The number of methoxy groups -OCH3 is 1. The number of carbonyl (C=O) groups is 2. The maximum Gasteiger partial charge on any atom is 0.312 e. The van der Waals surface area contributed by atoms with Gasteiger partial charge in [0.2, 0.25) is 10.0 Å². The van der Waals surface area contributed by atoms with Gasteiger partial charge in [-0.3, -0.25) is 9.59 Å². The number of carboxylic acid groups (broad SMARTS) is 1. The Morgan fingerprint density at radius 3 is 2.40 bits per heavy atom. The summed E-state index contributed by atoms with van der Waals surface area (Å²) in [5.41, 5.74) is -1.93. The molecule has 0 spiro atoms. The summed E-state index contributed by atoms with van der Waals surface area (Å²) in [5, 5.41) is 9.66. The normalized spacial score (nSPS) is 32.3. The molecule has 142 valence electrons. The summed E-state index contributed by atoms with van der Waals surface area (Å²) in [4.78, 5) is 24.1. The van der Waals surface area contributed by atoms with Gasteiger partial charge < -0.3 is 9.84 Å². The Kier molecular flexibility index (Phi) is 4.87. The van der Waals surface area contributed by atoms with E-state index in [9.17, 15) is 23.1 Å². The summed E-state index contributed by atoms with van der Waals surface area (Å²) < 4.78 is 32.3. The van der Waals surface area contributed by atoms with E-state index in [2.05, 4.69) is 0 Å². The van der Waals surface area contributed by atoms with Crippen LogP contribution < -0.4 is 0 Å². The van der Waals surface area contributed by atoms with Crippen LogP contribution >= 0.6 is 0 Å². The summed E-state index contributed by atoms with van der Waals surface area (Å²) in [5.74, 6) is -1.74. The van der Waals surface area contributed by atoms with Crippen LogP contribution in [0.25, 0.3) is 0 Å². The summed E-state index contributed by atoms with van der Waals surface area (Å²) >= 11 is 0. The van der Waals surface area contributed by atoms with Crippen LogP contribution in [-0.4, -0.2) is 55.7 Å². The molecule has 0 aromatic carbocycles. The Morgan fingerprint density at radius 1 is 1.16 bits per heavy atom. The van der Waals surface area contributed by atoms with Gasteiger partial charge in [-0.15, -0.1) is 0 Å². The van der Waals surface area contributed by atoms with Crippen LogP contribution in [0, 0.1) is 16.7 Å². The molecule has 0 aromatic rings. The van der Waals surface area contributed by atoms with Crippen LogP contribution in [0.4, 0.5) is 0 Å². The van der Waals surface area contributed by atoms with E-state index in [4.69, 9.17) is 4.74 Å². The van der Waals surface area contributed by atoms with E-state index in [1.54, 1.807) is 0 Å². The summed E-state index contributed by atoms with van der Waals surface area (Å²) in [6.07, 6.45) is 5.75. The average molecular weight is 373 g/mol. The van der Waals surface area contributed by atoms with Gasteiger partial charge in [0, 0.05) is 13.1 Å². The number of carboxylic acids is 1. The number of carbonyl (C=O) groups excluding carboxylic acids is 1. The topological polar surface area (TPSA) is 101 Å². The molecule has 2 atom stereocenters. The first-order chi connectivity index (χ1) is 11.8. The quantitative estimate of drug-likeness (QED) is 0.735. The van der Waals surface area contributed by atoms with Crippen molar-refractivity contribution >= 4 is 22.0 Å². The lowest BCUT2D eigenvalue weighted by atomic mass is 9.75. The second-order valence-electron chi connectivity index (χ2n) is 7.93. The summed E-state index contributed by atoms with van der Waals surface area (Å²) in [6.45, 7) is 0.290. The molecule has 0 bridgehead atoms. The number of fused-ring (bicyclic) bond motifs is 1. The second-order valence-corrected chi connectivity index (χ2v) is 9.90. The molecule has 0 unspecified atom stereocenters. The van der Waals surface area contributed by atoms with Crippen LogP contribution in [0.2, 0.25) is 0 Å². The number of hydrogen-bond donors (Lipinski definition) is 1. The number of ether oxygens (including phenoxy) is 1. The molecule has 3 fully saturated rings. The van der Waals surface area contributed by atoms with Gasteiger partial charge in [0.05, 0.1) is 23.7 Å². The molecule has 1 N–H and O–H groups in total. The van der Waals surface area contributed by atoms with E-state index in [1.807, 2.05) is 0 Å². The van der Waals surface area contributed by atoms with Crippen LogP contribution in [0.5, 0.6) is 0 Å². The minimum absolute atomic E-state index is 0.0343. The average Bonchev–Trinajstić information content (AvgIpc) is 3.13. The maximum absolute atomic E-state index is 13.0. The van der Waals surface area contributed by atoms with Gasteiger partial charge in [0.1, 0.15) is 0 Å². The van der Waals surface area contributed by atoms with Crippen molar-refractivity contribution in [2.45, 2.75) is 51.4 Å². The fourth-order valence-electron chi connectivity index (χ4n) is 5.10. The number of aliphatic carboxylic acids is 1. The van der Waals surface area contributed by atoms with E-state index >= 15 is 0 Å². The maximum atomic E-state index is 13.0. The zero-order chi connectivity index (χ0) is 18.3. The second kappa shape index (κ2) is 6.54. The van der Waals surface area contributed by atoms with Crippen molar-refractivity contribution in [3.63, 3.8) is 0 Å². The molecular weight excluding hydrogens is 346 g/mol. The zero-order valence-corrected chi connectivity index (χ0v) is 15.5. The van der Waals surface area contributed by atoms with Gasteiger partial charge in [-0.1, -0.05) is 25.7 Å². The molecule has 25 heavy (non-hydrogen) atoms. The van der Waals surface area contributed by atoms with Crippen molar-refractivity contribution in [3.8, 4) is 0 Å². The number of esters is 1. The molecule has 3 rings (SSSR count). The van der Waals surface area contributed by atoms with Crippen molar-refractivity contribution < 1.29 is 27.9 Å². The molecule has 2 aliphatic carbocycles. The van der Waals surface area contributed by atoms with Crippen LogP contribution in [0.3, 0.4) is 0 Å². The molecule has 0 aromatic heterocycles. The Bertz CT molecular complexity index is 654. The number of nitrogens with zero attached hydrogens (tertiary/aromatic N) is 1. The van der Waals surface area contributed by atoms with Gasteiger partial charge in [-0.25, -0.2) is 12.7 Å². The Morgan fingerprint density at radius 2 is 1.84 bits per heavy atom. The predicted molar refractivity (Wildman–Crippen MR) is 90.3 cm³/mol. The summed E-state index contributed by atoms with van der Waals surface area (Å²) in [6, 6.07) is 0. The van der Waals surface area contributed by atoms with Gasteiger partial charge in [-0.2, -0.15) is 0 Å². The molecule has 1 heterocycles. The third-order valence-electron chi connectivity index (χ3n) is 6.55. The fraction of sp³-hybridized carbons (Fsp3) is 0.882. The highest BCUT2D eigenvalue weighted by atomic mass is 32.2. The van der Waals surface area contributed by atoms with Crippen LogP contribution in [0.15, 0.2) is 0 Å². The van der Waals surface area contributed by atoms with E-state index in [1.165, 1.54) is 11.4 Å². The predicted octanol–water partition coefficient (Wildman–Crippen LogP) is 1.63. The monoisotopic (exact) mass is 373 g/mol. The minimum atomic E-state index is -3.72. The molecule has 0 amide bonds. The zero-order valence-electron chi connectivity index (χ0n) is 14.7. The molecule has 8 heteroatoms. The van der Waals surface area contributed by atoms with E-state index in [-0.39, 0.29) is 24.8 Å². The Labute approximate surface area is 148 Å². The van der Waals surface area contributed by atoms with Crippen molar-refractivity contribution in [1.29, 1.82) is 0 Å². The minimum Gasteiger partial charge on any atom is -0.481 e. The Balaban J connectivity index is 1.82. The number of rotatable bonds is 5. The first kappa shape index (κ1) is 18.6. The molecule has 1 saturated heterocycles. The Hall–Kier alpha value is -1.15. The summed E-state index contributed by atoms with van der Waals surface area (Å²) in [7, 11) is -2.42. The lowest BCUT2D eigenvalue weighted by Gasteiger charge is -2.35. The third-order valence-corrected chi connectivity index (χ3v) is 8.53. The number of sulfonamides is 1. The van der Waals surface area contributed by atoms with Crippen molar-refractivity contribution in [3.05, 3.63) is 0 Å². The highest BCUT2D eigenvalue weighted by Gasteiger charge is 2.58. The first-order valence-electron chi connectivity index (χ1n) is 9.05. The fourth-order valence-corrected chi connectivity index (χ4v) is 7.22. The van der Waals surface area contributed by atoms with E-state index in [0.29, 0.717) is 19.3 Å². The molecule has 1 aliphatic heterocycles. The van der Waals surface area contributed by atoms with E-state index < -0.39 is 32.8 Å². The molecular formula is C17H27NO6S. The van der Waals surface area contributed by atoms with Crippen molar-refractivity contribution in [1.82, 2.24) is 4.31 Å². The largest absolute Gasteiger partial charge is 0.481 e. The third kappa shape index (κ3) is 3.07.